The molecule has 2 N–H and O–H groups in total. The number of nitrogens with zero attached hydrogens (tertiary/aromatic N) is 1. The third kappa shape index (κ3) is 4.00. The number of hydrogen-bond donors (Lipinski definition) is 2. The highest BCUT2D eigenvalue weighted by atomic mass is 32.1. The van der Waals surface area contributed by atoms with Crippen molar-refractivity contribution >= 4 is 17.2 Å². The monoisotopic (exact) mass is 375 g/mol. The van der Waals surface area contributed by atoms with Crippen LogP contribution in [0.25, 0.3) is 0 Å². The van der Waals surface area contributed by atoms with Gasteiger partial charge in [-0.2, -0.15) is 11.3 Å². The maximum absolute atomic E-state index is 13.3. The fraction of sp³-hybridized carbons (Fsp3) is 0.762. The summed E-state index contributed by atoms with van der Waals surface area (Å²) in [5.41, 5.74) is 1.71. The van der Waals surface area contributed by atoms with Crippen molar-refractivity contribution in [3.63, 3.8) is 0 Å². The Morgan fingerprint density at radius 3 is 2.69 bits per heavy atom. The van der Waals surface area contributed by atoms with Crippen LogP contribution in [-0.2, 0) is 11.3 Å². The van der Waals surface area contributed by atoms with Crippen LogP contribution in [-0.4, -0.2) is 43.0 Å². The van der Waals surface area contributed by atoms with Gasteiger partial charge >= 0.3 is 0 Å². The first-order valence-corrected chi connectivity index (χ1v) is 11.3. The third-order valence-corrected chi connectivity index (χ3v) is 7.79. The van der Waals surface area contributed by atoms with E-state index in [1.165, 1.54) is 37.7 Å². The molecule has 3 aliphatic rings. The van der Waals surface area contributed by atoms with E-state index in [1.807, 2.05) is 0 Å². The molecule has 1 aromatic heterocycles. The van der Waals surface area contributed by atoms with Crippen molar-refractivity contribution in [2.75, 3.05) is 26.2 Å². The molecule has 4 nitrogen and oxygen atoms in total. The van der Waals surface area contributed by atoms with Gasteiger partial charge in [0.05, 0.1) is 0 Å². The number of piperidine rings is 2. The Bertz CT molecular complexity index is 590. The Kier molecular flexibility index (Phi) is 5.67. The fourth-order valence-electron chi connectivity index (χ4n) is 5.15. The normalized spacial score (nSPS) is 26.6. The van der Waals surface area contributed by atoms with Gasteiger partial charge < -0.3 is 15.5 Å². The molecule has 5 heteroatoms. The highest BCUT2D eigenvalue weighted by Crippen LogP contribution is 2.56. The summed E-state index contributed by atoms with van der Waals surface area (Å²) < 4.78 is 0. The summed E-state index contributed by atoms with van der Waals surface area (Å²) in [6.07, 6.45) is 6.84. The molecule has 1 aliphatic carbocycles. The summed E-state index contributed by atoms with van der Waals surface area (Å²) in [6.45, 7) is 7.55. The third-order valence-electron chi connectivity index (χ3n) is 7.06. The van der Waals surface area contributed by atoms with Crippen molar-refractivity contribution in [3.8, 4) is 0 Å². The minimum Gasteiger partial charge on any atom is -0.335 e. The lowest BCUT2D eigenvalue weighted by molar-refractivity contribution is -0.134. The van der Waals surface area contributed by atoms with Crippen molar-refractivity contribution in [2.45, 2.75) is 58.0 Å². The zero-order chi connectivity index (χ0) is 18.0. The topological polar surface area (TPSA) is 44.4 Å². The maximum atomic E-state index is 13.3. The molecule has 4 rings (SSSR count). The predicted octanol–water partition coefficient (Wildman–Crippen LogP) is 3.24. The molecule has 1 spiro atoms. The highest BCUT2D eigenvalue weighted by Gasteiger charge is 2.57. The fourth-order valence-corrected chi connectivity index (χ4v) is 5.81. The Morgan fingerprint density at radius 1 is 1.27 bits per heavy atom. The second kappa shape index (κ2) is 7.99. The zero-order valence-electron chi connectivity index (χ0n) is 16.0. The van der Waals surface area contributed by atoms with Crippen LogP contribution in [0.2, 0.25) is 0 Å². The highest BCUT2D eigenvalue weighted by molar-refractivity contribution is 7.07. The van der Waals surface area contributed by atoms with Gasteiger partial charge in [0.1, 0.15) is 0 Å². The molecule has 1 amide bonds. The minimum atomic E-state index is 0.391. The molecule has 26 heavy (non-hydrogen) atoms. The number of nitrogens with one attached hydrogen (secondary N) is 2. The number of carbonyl (C=O) groups is 1. The Labute approximate surface area is 161 Å². The van der Waals surface area contributed by atoms with E-state index in [4.69, 9.17) is 0 Å². The molecule has 0 bridgehead atoms. The first-order chi connectivity index (χ1) is 12.7. The SMILES string of the molecule is CC(CC(=O)N(Cc1ccsc1)C1CC12CCNCC2)C1CCNCC1. The minimum absolute atomic E-state index is 0.391. The molecule has 2 atom stereocenters. The van der Waals surface area contributed by atoms with E-state index in [1.54, 1.807) is 11.3 Å². The number of carbonyl (C=O) groups excluding carboxylic acids is 1. The van der Waals surface area contributed by atoms with Gasteiger partial charge in [0.2, 0.25) is 5.91 Å². The van der Waals surface area contributed by atoms with Gasteiger partial charge in [0, 0.05) is 19.0 Å². The molecular weight excluding hydrogens is 342 g/mol. The van der Waals surface area contributed by atoms with Crippen LogP contribution < -0.4 is 10.6 Å². The van der Waals surface area contributed by atoms with Crippen LogP contribution in [0.3, 0.4) is 0 Å². The lowest BCUT2D eigenvalue weighted by Crippen LogP contribution is -2.40. The van der Waals surface area contributed by atoms with E-state index < -0.39 is 0 Å². The van der Waals surface area contributed by atoms with Crippen molar-refractivity contribution in [3.05, 3.63) is 22.4 Å². The lowest BCUT2D eigenvalue weighted by Gasteiger charge is -2.32. The van der Waals surface area contributed by atoms with Gasteiger partial charge in [-0.05, 0) is 97.9 Å². The van der Waals surface area contributed by atoms with Gasteiger partial charge in [-0.1, -0.05) is 6.92 Å². The summed E-state index contributed by atoms with van der Waals surface area (Å²) >= 11 is 1.73. The molecule has 0 radical (unpaired) electrons. The second-order valence-corrected chi connectivity index (χ2v) is 9.53. The second-order valence-electron chi connectivity index (χ2n) is 8.75. The summed E-state index contributed by atoms with van der Waals surface area (Å²) in [4.78, 5) is 15.6. The van der Waals surface area contributed by atoms with Crippen molar-refractivity contribution < 1.29 is 4.79 Å². The van der Waals surface area contributed by atoms with Crippen molar-refractivity contribution in [2.24, 2.45) is 17.3 Å². The number of amides is 1. The summed E-state index contributed by atoms with van der Waals surface area (Å²) in [6, 6.07) is 2.65. The molecule has 2 saturated heterocycles. The first-order valence-electron chi connectivity index (χ1n) is 10.4. The van der Waals surface area contributed by atoms with Crippen LogP contribution >= 0.6 is 11.3 Å². The number of hydrogen-bond acceptors (Lipinski definition) is 4. The molecule has 1 aromatic rings. The van der Waals surface area contributed by atoms with Crippen LogP contribution in [0, 0.1) is 17.3 Å². The lowest BCUT2D eigenvalue weighted by atomic mass is 9.84. The molecule has 3 fully saturated rings. The smallest absolute Gasteiger partial charge is 0.223 e. The van der Waals surface area contributed by atoms with Gasteiger partial charge in [-0.15, -0.1) is 0 Å². The van der Waals surface area contributed by atoms with Gasteiger partial charge in [-0.25, -0.2) is 0 Å². The van der Waals surface area contributed by atoms with Gasteiger partial charge in [-0.3, -0.25) is 4.79 Å². The summed E-state index contributed by atoms with van der Waals surface area (Å²) in [7, 11) is 0. The molecule has 1 saturated carbocycles. The molecular formula is C21H33N3OS. The standard InChI is InChI=1S/C21H33N3OS/c1-16(18-2-7-22-8-3-18)12-20(25)24(14-17-4-11-26-15-17)19-13-21(19)5-9-23-10-6-21/h4,11,15-16,18-19,22-23H,2-3,5-10,12-14H2,1H3. The largest absolute Gasteiger partial charge is 0.335 e. The van der Waals surface area contributed by atoms with E-state index in [-0.39, 0.29) is 0 Å². The van der Waals surface area contributed by atoms with Gasteiger partial charge in [0.25, 0.3) is 0 Å². The molecule has 2 unspecified atom stereocenters. The number of thiophene rings is 1. The molecule has 3 heterocycles. The predicted molar refractivity (Wildman–Crippen MR) is 107 cm³/mol. The Balaban J connectivity index is 1.43. The molecule has 144 valence electrons. The van der Waals surface area contributed by atoms with E-state index >= 15 is 0 Å². The Morgan fingerprint density at radius 2 is 2.00 bits per heavy atom. The van der Waals surface area contributed by atoms with E-state index in [2.05, 4.69) is 39.3 Å². The van der Waals surface area contributed by atoms with Crippen molar-refractivity contribution in [1.82, 2.24) is 15.5 Å². The van der Waals surface area contributed by atoms with Crippen molar-refractivity contribution in [1.29, 1.82) is 0 Å². The average Bonchev–Trinajstić information content (AvgIpc) is 3.09. The first kappa shape index (κ1) is 18.5. The van der Waals surface area contributed by atoms with E-state index in [0.717, 1.165) is 39.1 Å². The van der Waals surface area contributed by atoms with E-state index in [9.17, 15) is 4.79 Å². The average molecular weight is 376 g/mol. The van der Waals surface area contributed by atoms with Crippen LogP contribution in [0.4, 0.5) is 0 Å². The van der Waals surface area contributed by atoms with Crippen LogP contribution in [0.5, 0.6) is 0 Å². The zero-order valence-corrected chi connectivity index (χ0v) is 16.8. The van der Waals surface area contributed by atoms with Crippen LogP contribution in [0.1, 0.15) is 51.0 Å². The summed E-state index contributed by atoms with van der Waals surface area (Å²) in [5, 5.41) is 11.3. The maximum Gasteiger partial charge on any atom is 0.223 e. The van der Waals surface area contributed by atoms with E-state index in [0.29, 0.717) is 29.2 Å². The summed E-state index contributed by atoms with van der Waals surface area (Å²) in [5.74, 6) is 1.59. The van der Waals surface area contributed by atoms with Gasteiger partial charge in [0.15, 0.2) is 0 Å². The Hall–Kier alpha value is -0.910. The number of rotatable bonds is 6. The molecule has 2 aliphatic heterocycles. The quantitative estimate of drug-likeness (QED) is 0.802. The molecule has 0 aromatic carbocycles. The van der Waals surface area contributed by atoms with Crippen LogP contribution in [0.15, 0.2) is 16.8 Å².